The number of nitro groups is 1. The minimum atomic E-state index is -0.373. The Hall–Kier alpha value is -0.890. The van der Waals surface area contributed by atoms with E-state index in [1.165, 1.54) is 25.3 Å². The number of aliphatic hydroxyl groups excluding tert-OH is 1. The maximum Gasteiger partial charge on any atom is 0.282 e. The lowest BCUT2D eigenvalue weighted by Crippen LogP contribution is -2.35. The van der Waals surface area contributed by atoms with Crippen LogP contribution in [0.1, 0.15) is 32.1 Å². The van der Waals surface area contributed by atoms with E-state index in [1.54, 1.807) is 12.1 Å². The van der Waals surface area contributed by atoms with Crippen LogP contribution in [0.15, 0.2) is 18.2 Å². The predicted molar refractivity (Wildman–Crippen MR) is 86.9 cm³/mol. The molecule has 0 amide bonds. The zero-order valence-corrected chi connectivity index (χ0v) is 13.4. The molecule has 2 rings (SSSR count). The molecule has 0 spiro atoms. The van der Waals surface area contributed by atoms with Crippen molar-refractivity contribution in [1.82, 2.24) is 0 Å². The molecule has 20 heavy (non-hydrogen) atoms. The highest BCUT2D eigenvalue weighted by Gasteiger charge is 2.31. The third-order valence-electron chi connectivity index (χ3n) is 4.06. The van der Waals surface area contributed by atoms with E-state index in [4.69, 9.17) is 0 Å². The summed E-state index contributed by atoms with van der Waals surface area (Å²) in [5.41, 5.74) is 0.968. The van der Waals surface area contributed by atoms with E-state index in [1.807, 2.05) is 22.6 Å². The molecule has 0 aliphatic heterocycles. The molecule has 110 valence electrons. The summed E-state index contributed by atoms with van der Waals surface area (Å²) in [6, 6.07) is 5.04. The van der Waals surface area contributed by atoms with E-state index in [9.17, 15) is 15.2 Å². The quantitative estimate of drug-likeness (QED) is 0.458. The van der Waals surface area contributed by atoms with Crippen LogP contribution < -0.4 is 5.32 Å². The van der Waals surface area contributed by atoms with Crippen LogP contribution in [0.5, 0.6) is 0 Å². The second-order valence-corrected chi connectivity index (χ2v) is 6.66. The summed E-state index contributed by atoms with van der Waals surface area (Å²) in [6.45, 7) is 0.918. The largest absolute Gasteiger partial charge is 0.396 e. The lowest BCUT2D eigenvalue weighted by molar-refractivity contribution is -0.385. The van der Waals surface area contributed by atoms with Crippen molar-refractivity contribution in [2.45, 2.75) is 32.1 Å². The summed E-state index contributed by atoms with van der Waals surface area (Å²) in [6.07, 6.45) is 5.67. The van der Waals surface area contributed by atoms with Crippen LogP contribution in [0, 0.1) is 19.1 Å². The van der Waals surface area contributed by atoms with Crippen LogP contribution in [0.25, 0.3) is 0 Å². The van der Waals surface area contributed by atoms with E-state index in [0.717, 1.165) is 25.1 Å². The Kier molecular flexibility index (Phi) is 5.20. The van der Waals surface area contributed by atoms with E-state index in [0.29, 0.717) is 3.57 Å². The van der Waals surface area contributed by atoms with Gasteiger partial charge in [0.1, 0.15) is 0 Å². The van der Waals surface area contributed by atoms with Gasteiger partial charge in [0.25, 0.3) is 5.69 Å². The summed E-state index contributed by atoms with van der Waals surface area (Å²) in [4.78, 5) is 10.4. The number of nitro benzene ring substituents is 1. The number of rotatable bonds is 5. The van der Waals surface area contributed by atoms with E-state index >= 15 is 0 Å². The van der Waals surface area contributed by atoms with Gasteiger partial charge >= 0.3 is 0 Å². The highest BCUT2D eigenvalue weighted by Crippen LogP contribution is 2.36. The zero-order chi connectivity index (χ0) is 14.6. The second-order valence-electron chi connectivity index (χ2n) is 5.50. The van der Waals surface area contributed by atoms with Gasteiger partial charge in [-0.2, -0.15) is 0 Å². The molecule has 2 N–H and O–H groups in total. The molecule has 6 heteroatoms. The van der Waals surface area contributed by atoms with Crippen LogP contribution in [0.4, 0.5) is 11.4 Å². The van der Waals surface area contributed by atoms with Crippen LogP contribution in [0.2, 0.25) is 0 Å². The first-order valence-electron chi connectivity index (χ1n) is 6.85. The lowest BCUT2D eigenvalue weighted by atomic mass is 9.74. The molecule has 0 atom stereocenters. The van der Waals surface area contributed by atoms with Crippen LogP contribution >= 0.6 is 22.6 Å². The predicted octanol–water partition coefficient (Wildman–Crippen LogP) is 3.55. The molecule has 0 unspecified atom stereocenters. The van der Waals surface area contributed by atoms with Gasteiger partial charge in [0.15, 0.2) is 0 Å². The molecule has 1 aliphatic carbocycles. The van der Waals surface area contributed by atoms with Crippen molar-refractivity contribution >= 4 is 34.0 Å². The summed E-state index contributed by atoms with van der Waals surface area (Å²) in [5, 5.41) is 23.8. The number of nitrogens with one attached hydrogen (secondary N) is 1. The number of hydrogen-bond acceptors (Lipinski definition) is 4. The Labute approximate surface area is 132 Å². The smallest absolute Gasteiger partial charge is 0.282 e. The monoisotopic (exact) mass is 390 g/mol. The molecule has 0 heterocycles. The summed E-state index contributed by atoms with van der Waals surface area (Å²) in [7, 11) is 0. The van der Waals surface area contributed by atoms with E-state index in [2.05, 4.69) is 5.32 Å². The molecule has 1 fully saturated rings. The fourth-order valence-electron chi connectivity index (χ4n) is 2.75. The van der Waals surface area contributed by atoms with Crippen molar-refractivity contribution in [3.63, 3.8) is 0 Å². The Balaban J connectivity index is 2.03. The maximum absolute atomic E-state index is 10.8. The van der Waals surface area contributed by atoms with Crippen molar-refractivity contribution in [1.29, 1.82) is 0 Å². The number of benzene rings is 1. The van der Waals surface area contributed by atoms with E-state index < -0.39 is 0 Å². The Morgan fingerprint density at radius 1 is 1.35 bits per heavy atom. The average molecular weight is 390 g/mol. The van der Waals surface area contributed by atoms with Gasteiger partial charge in [-0.05, 0) is 47.6 Å². The van der Waals surface area contributed by atoms with Crippen LogP contribution in [-0.4, -0.2) is 23.2 Å². The number of hydrogen-bond donors (Lipinski definition) is 2. The summed E-state index contributed by atoms with van der Waals surface area (Å²) < 4.78 is 0.624. The van der Waals surface area contributed by atoms with E-state index in [-0.39, 0.29) is 22.6 Å². The molecule has 0 bridgehead atoms. The van der Waals surface area contributed by atoms with Crippen molar-refractivity contribution < 1.29 is 10.0 Å². The molecule has 0 radical (unpaired) electrons. The van der Waals surface area contributed by atoms with Crippen molar-refractivity contribution in [2.24, 2.45) is 5.41 Å². The number of anilines is 1. The topological polar surface area (TPSA) is 75.4 Å². The summed E-state index contributed by atoms with van der Waals surface area (Å²) >= 11 is 1.98. The SMILES string of the molecule is O=[N+]([O-])c1ccc(NCC2(CO)CCCCC2)cc1I. The molecular formula is C14H19IN2O3. The highest BCUT2D eigenvalue weighted by atomic mass is 127. The summed E-state index contributed by atoms with van der Waals surface area (Å²) in [5.74, 6) is 0. The van der Waals surface area contributed by atoms with Gasteiger partial charge in [0.2, 0.25) is 0 Å². The first kappa shape index (κ1) is 15.5. The molecule has 0 aromatic heterocycles. The Bertz CT molecular complexity index is 487. The molecule has 1 aliphatic rings. The Morgan fingerprint density at radius 3 is 2.60 bits per heavy atom. The number of halogens is 1. The zero-order valence-electron chi connectivity index (χ0n) is 11.3. The van der Waals surface area contributed by atoms with Crippen molar-refractivity contribution in [3.8, 4) is 0 Å². The molecule has 1 saturated carbocycles. The fraction of sp³-hybridized carbons (Fsp3) is 0.571. The van der Waals surface area contributed by atoms with Gasteiger partial charge in [0.05, 0.1) is 15.1 Å². The first-order chi connectivity index (χ1) is 9.56. The third kappa shape index (κ3) is 3.60. The minimum Gasteiger partial charge on any atom is -0.396 e. The number of nitrogens with zero attached hydrogens (tertiary/aromatic N) is 1. The van der Waals surface area contributed by atoms with Gasteiger partial charge in [-0.1, -0.05) is 19.3 Å². The average Bonchev–Trinajstić information content (AvgIpc) is 2.46. The van der Waals surface area contributed by atoms with Crippen LogP contribution in [0.3, 0.4) is 0 Å². The molecule has 1 aromatic carbocycles. The van der Waals surface area contributed by atoms with Crippen molar-refractivity contribution in [2.75, 3.05) is 18.5 Å². The standard InChI is InChI=1S/C14H19IN2O3/c15-12-8-11(4-5-13(12)17(19)20)16-9-14(10-18)6-2-1-3-7-14/h4-5,8,16,18H,1-3,6-7,9-10H2. The van der Waals surface area contributed by atoms with Crippen LogP contribution in [-0.2, 0) is 0 Å². The normalized spacial score (nSPS) is 17.7. The Morgan fingerprint density at radius 2 is 2.05 bits per heavy atom. The highest BCUT2D eigenvalue weighted by molar-refractivity contribution is 14.1. The first-order valence-corrected chi connectivity index (χ1v) is 7.93. The minimum absolute atomic E-state index is 0.0362. The molecular weight excluding hydrogens is 371 g/mol. The fourth-order valence-corrected chi connectivity index (χ4v) is 3.46. The van der Waals surface area contributed by atoms with Gasteiger partial charge in [-0.3, -0.25) is 10.1 Å². The van der Waals surface area contributed by atoms with Gasteiger partial charge < -0.3 is 10.4 Å². The number of aliphatic hydroxyl groups is 1. The molecule has 1 aromatic rings. The second kappa shape index (κ2) is 6.71. The van der Waals surface area contributed by atoms with Gasteiger partial charge in [-0.25, -0.2) is 0 Å². The third-order valence-corrected chi connectivity index (χ3v) is 4.93. The van der Waals surface area contributed by atoms with Crippen molar-refractivity contribution in [3.05, 3.63) is 31.9 Å². The maximum atomic E-state index is 10.8. The molecule has 0 saturated heterocycles. The lowest BCUT2D eigenvalue weighted by Gasteiger charge is -2.36. The molecule has 5 nitrogen and oxygen atoms in total. The van der Waals surface area contributed by atoms with Gasteiger partial charge in [0, 0.05) is 23.7 Å². The van der Waals surface area contributed by atoms with Gasteiger partial charge in [-0.15, -0.1) is 0 Å².